The molecule has 1 heterocycles. The lowest BCUT2D eigenvalue weighted by atomic mass is 10.1. The number of sulfonamides is 1. The number of benzene rings is 2. The third-order valence-corrected chi connectivity index (χ3v) is 5.68. The van der Waals surface area contributed by atoms with Gasteiger partial charge in [0.15, 0.2) is 0 Å². The van der Waals surface area contributed by atoms with Crippen LogP contribution in [0.5, 0.6) is 0 Å². The lowest BCUT2D eigenvalue weighted by molar-refractivity contribution is -0.142. The molecule has 3 rings (SSSR count). The molecule has 0 aliphatic carbocycles. The smallest absolute Gasteiger partial charge is 0.328 e. The van der Waals surface area contributed by atoms with Crippen LogP contribution in [0.1, 0.15) is 17.2 Å². The van der Waals surface area contributed by atoms with E-state index in [0.29, 0.717) is 10.9 Å². The fraction of sp³-hybridized carbons (Fsp3) is 0.158. The maximum atomic E-state index is 14.2. The van der Waals surface area contributed by atoms with Crippen LogP contribution in [0.25, 0.3) is 10.9 Å². The molecule has 0 saturated carbocycles. The van der Waals surface area contributed by atoms with Crippen molar-refractivity contribution < 1.29 is 26.7 Å². The molecule has 0 bridgehead atoms. The Kier molecular flexibility index (Phi) is 5.39. The highest BCUT2D eigenvalue weighted by atomic mass is 32.2. The Morgan fingerprint density at radius 3 is 2.64 bits per heavy atom. The predicted molar refractivity (Wildman–Crippen MR) is 97.9 cm³/mol. The van der Waals surface area contributed by atoms with E-state index in [-0.39, 0.29) is 4.90 Å². The number of methoxy groups -OCH3 is 1. The second kappa shape index (κ2) is 7.61. The van der Waals surface area contributed by atoms with Gasteiger partial charge in [-0.05, 0) is 48.9 Å². The molecule has 1 unspecified atom stereocenters. The summed E-state index contributed by atoms with van der Waals surface area (Å²) in [4.78, 5) is 16.2. The lowest BCUT2D eigenvalue weighted by Crippen LogP contribution is -2.35. The zero-order valence-corrected chi connectivity index (χ0v) is 15.8. The summed E-state index contributed by atoms with van der Waals surface area (Å²) in [6, 6.07) is 6.72. The van der Waals surface area contributed by atoms with Crippen molar-refractivity contribution in [3.8, 4) is 0 Å². The average molecular weight is 406 g/mol. The fourth-order valence-corrected chi connectivity index (χ4v) is 4.19. The molecule has 0 aliphatic heterocycles. The molecule has 6 nitrogen and oxygen atoms in total. The molecule has 3 aromatic rings. The number of carbonyl (C=O) groups is 1. The highest BCUT2D eigenvalue weighted by Crippen LogP contribution is 2.27. The molecule has 28 heavy (non-hydrogen) atoms. The minimum Gasteiger partial charge on any atom is -0.468 e. The standard InChI is InChI=1S/C19H16F2N2O4S/c1-11-5-8-16(13-4-3-9-22-17(11)13)28(25,26)23-18(19(24)27-2)14-10-12(20)6-7-15(14)21/h3-10,18,23H,1-2H3. The van der Waals surface area contributed by atoms with Crippen molar-refractivity contribution in [1.29, 1.82) is 0 Å². The number of carbonyl (C=O) groups excluding carboxylic acids is 1. The molecule has 146 valence electrons. The second-order valence-electron chi connectivity index (χ2n) is 6.02. The number of hydrogen-bond donors (Lipinski definition) is 1. The van der Waals surface area contributed by atoms with Crippen LogP contribution in [0.15, 0.2) is 53.6 Å². The first kappa shape index (κ1) is 19.8. The van der Waals surface area contributed by atoms with Crippen molar-refractivity contribution >= 4 is 26.9 Å². The van der Waals surface area contributed by atoms with Gasteiger partial charge < -0.3 is 4.74 Å². The Labute approximate surface area is 160 Å². The largest absolute Gasteiger partial charge is 0.468 e. The summed E-state index contributed by atoms with van der Waals surface area (Å²) < 4.78 is 60.5. The molecular formula is C19H16F2N2O4S. The van der Waals surface area contributed by atoms with Crippen molar-refractivity contribution in [3.63, 3.8) is 0 Å². The number of rotatable bonds is 5. The van der Waals surface area contributed by atoms with Crippen LogP contribution < -0.4 is 4.72 Å². The molecule has 1 aromatic heterocycles. The van der Waals surface area contributed by atoms with Crippen molar-refractivity contribution in [1.82, 2.24) is 9.71 Å². The van der Waals surface area contributed by atoms with Crippen LogP contribution in [0.4, 0.5) is 8.78 Å². The first-order chi connectivity index (χ1) is 13.2. The number of aromatic nitrogens is 1. The van der Waals surface area contributed by atoms with Crippen molar-refractivity contribution in [2.75, 3.05) is 7.11 Å². The highest BCUT2D eigenvalue weighted by Gasteiger charge is 2.31. The molecule has 0 aliphatic rings. The Balaban J connectivity index is 2.12. The van der Waals surface area contributed by atoms with Crippen LogP contribution in [0.3, 0.4) is 0 Å². The van der Waals surface area contributed by atoms with E-state index in [1.165, 1.54) is 12.3 Å². The van der Waals surface area contributed by atoms with Gasteiger partial charge in [-0.25, -0.2) is 22.0 Å². The molecule has 1 N–H and O–H groups in total. The van der Waals surface area contributed by atoms with Gasteiger partial charge in [0, 0.05) is 17.1 Å². The van der Waals surface area contributed by atoms with Crippen molar-refractivity contribution in [3.05, 3.63) is 71.4 Å². The van der Waals surface area contributed by atoms with E-state index in [0.717, 1.165) is 30.9 Å². The Morgan fingerprint density at radius 2 is 1.93 bits per heavy atom. The number of nitrogens with one attached hydrogen (secondary N) is 1. The predicted octanol–water partition coefficient (Wildman–Crippen LogP) is 3.01. The van der Waals surface area contributed by atoms with Crippen LogP contribution in [-0.4, -0.2) is 26.5 Å². The Bertz CT molecular complexity index is 1170. The third kappa shape index (κ3) is 3.71. The Hall–Kier alpha value is -2.91. The van der Waals surface area contributed by atoms with Gasteiger partial charge in [-0.1, -0.05) is 6.07 Å². The first-order valence-corrected chi connectivity index (χ1v) is 9.62. The number of nitrogens with zero attached hydrogens (tertiary/aromatic N) is 1. The van der Waals surface area contributed by atoms with E-state index >= 15 is 0 Å². The normalized spacial score (nSPS) is 12.7. The first-order valence-electron chi connectivity index (χ1n) is 8.14. The van der Waals surface area contributed by atoms with Crippen molar-refractivity contribution in [2.24, 2.45) is 0 Å². The SMILES string of the molecule is COC(=O)C(NS(=O)(=O)c1ccc(C)c2ncccc12)c1cc(F)ccc1F. The van der Waals surface area contributed by atoms with E-state index in [9.17, 15) is 22.0 Å². The van der Waals surface area contributed by atoms with Gasteiger partial charge in [-0.2, -0.15) is 4.72 Å². The number of halogens is 2. The van der Waals surface area contributed by atoms with Crippen LogP contribution in [0.2, 0.25) is 0 Å². The third-order valence-electron chi connectivity index (χ3n) is 4.20. The Morgan fingerprint density at radius 1 is 1.18 bits per heavy atom. The number of pyridine rings is 1. The lowest BCUT2D eigenvalue weighted by Gasteiger charge is -2.18. The van der Waals surface area contributed by atoms with Gasteiger partial charge in [0.05, 0.1) is 17.5 Å². The van der Waals surface area contributed by atoms with Gasteiger partial charge in [0.1, 0.15) is 17.7 Å². The number of ether oxygens (including phenoxy) is 1. The van der Waals surface area contributed by atoms with E-state index < -0.39 is 39.2 Å². The summed E-state index contributed by atoms with van der Waals surface area (Å²) >= 11 is 0. The quantitative estimate of drug-likeness (QED) is 0.659. The van der Waals surface area contributed by atoms with Crippen LogP contribution in [-0.2, 0) is 19.6 Å². The van der Waals surface area contributed by atoms with Crippen LogP contribution >= 0.6 is 0 Å². The van der Waals surface area contributed by atoms with E-state index in [1.54, 1.807) is 25.1 Å². The zero-order chi connectivity index (χ0) is 20.5. The topological polar surface area (TPSA) is 85.4 Å². The summed E-state index contributed by atoms with van der Waals surface area (Å²) in [6.07, 6.45) is 1.53. The number of fused-ring (bicyclic) bond motifs is 1. The van der Waals surface area contributed by atoms with E-state index in [4.69, 9.17) is 0 Å². The van der Waals surface area contributed by atoms with Gasteiger partial charge in [-0.3, -0.25) is 4.98 Å². The summed E-state index contributed by atoms with van der Waals surface area (Å²) in [5.74, 6) is -2.85. The summed E-state index contributed by atoms with van der Waals surface area (Å²) in [5.41, 5.74) is 0.747. The molecular weight excluding hydrogens is 390 g/mol. The minimum absolute atomic E-state index is 0.146. The molecule has 2 aromatic carbocycles. The molecule has 0 radical (unpaired) electrons. The second-order valence-corrected chi connectivity index (χ2v) is 7.71. The fourth-order valence-electron chi connectivity index (χ4n) is 2.83. The maximum absolute atomic E-state index is 14.2. The molecule has 1 atom stereocenters. The molecule has 0 saturated heterocycles. The van der Waals surface area contributed by atoms with Gasteiger partial charge in [0.25, 0.3) is 0 Å². The molecule has 9 heteroatoms. The monoisotopic (exact) mass is 406 g/mol. The molecule has 0 amide bonds. The summed E-state index contributed by atoms with van der Waals surface area (Å²) in [5, 5.41) is 0.332. The summed E-state index contributed by atoms with van der Waals surface area (Å²) in [6.45, 7) is 1.78. The number of hydrogen-bond acceptors (Lipinski definition) is 5. The highest BCUT2D eigenvalue weighted by molar-refractivity contribution is 7.89. The van der Waals surface area contributed by atoms with Gasteiger partial charge in [0.2, 0.25) is 10.0 Å². The average Bonchev–Trinajstić information content (AvgIpc) is 2.68. The number of esters is 1. The minimum atomic E-state index is -4.32. The number of aryl methyl sites for hydroxylation is 1. The maximum Gasteiger partial charge on any atom is 0.328 e. The molecule has 0 fully saturated rings. The van der Waals surface area contributed by atoms with Crippen molar-refractivity contribution in [2.45, 2.75) is 17.9 Å². The summed E-state index contributed by atoms with van der Waals surface area (Å²) in [7, 11) is -3.30. The van der Waals surface area contributed by atoms with Crippen LogP contribution in [0, 0.1) is 18.6 Å². The molecule has 0 spiro atoms. The zero-order valence-electron chi connectivity index (χ0n) is 14.9. The van der Waals surface area contributed by atoms with Gasteiger partial charge in [-0.15, -0.1) is 0 Å². The van der Waals surface area contributed by atoms with E-state index in [2.05, 4.69) is 14.4 Å². The van der Waals surface area contributed by atoms with Gasteiger partial charge >= 0.3 is 5.97 Å². The van der Waals surface area contributed by atoms with E-state index in [1.807, 2.05) is 0 Å².